The van der Waals surface area contributed by atoms with E-state index >= 15 is 0 Å². The highest BCUT2D eigenvalue weighted by atomic mass is 19.1. The van der Waals surface area contributed by atoms with Crippen molar-refractivity contribution in [1.29, 1.82) is 0 Å². The Balaban J connectivity index is 1.44. The second-order valence-electron chi connectivity index (χ2n) is 6.54. The van der Waals surface area contributed by atoms with Gasteiger partial charge in [-0.15, -0.1) is 0 Å². The molecule has 1 aromatic heterocycles. The molecule has 1 aliphatic heterocycles. The number of nitrogens with zero attached hydrogens (tertiary/aromatic N) is 4. The molecular formula is C20H19FN4O2. The Morgan fingerprint density at radius 2 is 1.78 bits per heavy atom. The van der Waals surface area contributed by atoms with Gasteiger partial charge in [0.1, 0.15) is 12.4 Å². The van der Waals surface area contributed by atoms with Gasteiger partial charge in [-0.05, 0) is 24.3 Å². The van der Waals surface area contributed by atoms with Gasteiger partial charge in [0, 0.05) is 37.9 Å². The first-order valence-electron chi connectivity index (χ1n) is 8.84. The van der Waals surface area contributed by atoms with Gasteiger partial charge < -0.3 is 9.80 Å². The summed E-state index contributed by atoms with van der Waals surface area (Å²) >= 11 is 0. The van der Waals surface area contributed by atoms with Crippen LogP contribution in [0.15, 0.2) is 59.7 Å². The Kier molecular flexibility index (Phi) is 4.58. The standard InChI is InChI=1S/C20H19FN4O2/c21-15-6-7-17-18(12-15)22-14-25(20(17)27)13-19(26)24-10-8-23(9-11-24)16-4-2-1-3-5-16/h1-7,12,14H,8-11,13H2. The van der Waals surface area contributed by atoms with Gasteiger partial charge in [-0.3, -0.25) is 14.2 Å². The molecule has 0 spiro atoms. The molecule has 2 aromatic carbocycles. The lowest BCUT2D eigenvalue weighted by atomic mass is 10.2. The van der Waals surface area contributed by atoms with Crippen LogP contribution in [0.2, 0.25) is 0 Å². The molecule has 27 heavy (non-hydrogen) atoms. The zero-order valence-electron chi connectivity index (χ0n) is 14.7. The Hall–Kier alpha value is -3.22. The van der Waals surface area contributed by atoms with Crippen LogP contribution >= 0.6 is 0 Å². The Bertz CT molecular complexity index is 1030. The number of anilines is 1. The molecule has 2 heterocycles. The number of benzene rings is 2. The monoisotopic (exact) mass is 366 g/mol. The number of carbonyl (C=O) groups excluding carboxylic acids is 1. The van der Waals surface area contributed by atoms with Gasteiger partial charge in [-0.25, -0.2) is 9.37 Å². The maximum atomic E-state index is 13.3. The third-order valence-corrected chi connectivity index (χ3v) is 4.85. The summed E-state index contributed by atoms with van der Waals surface area (Å²) < 4.78 is 14.5. The number of halogens is 1. The average molecular weight is 366 g/mol. The van der Waals surface area contributed by atoms with Crippen LogP contribution in [-0.2, 0) is 11.3 Å². The van der Waals surface area contributed by atoms with Crippen molar-refractivity contribution in [3.63, 3.8) is 0 Å². The summed E-state index contributed by atoms with van der Waals surface area (Å²) in [7, 11) is 0. The average Bonchev–Trinajstić information content (AvgIpc) is 2.71. The molecule has 3 aromatic rings. The second-order valence-corrected chi connectivity index (χ2v) is 6.54. The van der Waals surface area contributed by atoms with Crippen LogP contribution in [0.1, 0.15) is 0 Å². The van der Waals surface area contributed by atoms with Crippen LogP contribution in [0.5, 0.6) is 0 Å². The molecule has 0 N–H and O–H groups in total. The Morgan fingerprint density at radius 3 is 2.52 bits per heavy atom. The van der Waals surface area contributed by atoms with Gasteiger partial charge in [0.15, 0.2) is 0 Å². The largest absolute Gasteiger partial charge is 0.368 e. The fourth-order valence-corrected chi connectivity index (χ4v) is 3.34. The van der Waals surface area contributed by atoms with Crippen LogP contribution < -0.4 is 10.5 Å². The molecule has 0 aliphatic carbocycles. The smallest absolute Gasteiger partial charge is 0.261 e. The SMILES string of the molecule is O=C(Cn1cnc2cc(F)ccc2c1=O)N1CCN(c2ccccc2)CC1. The summed E-state index contributed by atoms with van der Waals surface area (Å²) in [6.07, 6.45) is 1.31. The summed E-state index contributed by atoms with van der Waals surface area (Å²) in [5, 5.41) is 0.306. The van der Waals surface area contributed by atoms with E-state index in [1.165, 1.54) is 29.1 Å². The van der Waals surface area contributed by atoms with E-state index in [2.05, 4.69) is 22.0 Å². The van der Waals surface area contributed by atoms with Crippen molar-refractivity contribution in [2.24, 2.45) is 0 Å². The van der Waals surface area contributed by atoms with Gasteiger partial charge in [0.25, 0.3) is 5.56 Å². The van der Waals surface area contributed by atoms with E-state index in [9.17, 15) is 14.0 Å². The maximum Gasteiger partial charge on any atom is 0.261 e. The first kappa shape index (κ1) is 17.2. The molecule has 4 rings (SSSR count). The van der Waals surface area contributed by atoms with Crippen LogP contribution in [0.4, 0.5) is 10.1 Å². The lowest BCUT2D eigenvalue weighted by Gasteiger charge is -2.36. The van der Waals surface area contributed by atoms with Crippen molar-refractivity contribution < 1.29 is 9.18 Å². The fraction of sp³-hybridized carbons (Fsp3) is 0.250. The molecular weight excluding hydrogens is 347 g/mol. The van der Waals surface area contributed by atoms with Crippen molar-refractivity contribution in [3.05, 3.63) is 71.0 Å². The van der Waals surface area contributed by atoms with Gasteiger partial charge in [0.05, 0.1) is 17.2 Å². The summed E-state index contributed by atoms with van der Waals surface area (Å²) in [6, 6.07) is 13.9. The van der Waals surface area contributed by atoms with E-state index in [1.807, 2.05) is 18.2 Å². The quantitative estimate of drug-likeness (QED) is 0.710. The summed E-state index contributed by atoms with van der Waals surface area (Å²) in [4.78, 5) is 33.2. The molecule has 1 fully saturated rings. The van der Waals surface area contributed by atoms with E-state index in [0.29, 0.717) is 24.0 Å². The third-order valence-electron chi connectivity index (χ3n) is 4.85. The zero-order chi connectivity index (χ0) is 18.8. The summed E-state index contributed by atoms with van der Waals surface area (Å²) in [5.74, 6) is -0.562. The normalized spacial score (nSPS) is 14.6. The van der Waals surface area contributed by atoms with Crippen molar-refractivity contribution in [3.8, 4) is 0 Å². The predicted molar refractivity (Wildman–Crippen MR) is 101 cm³/mol. The third kappa shape index (κ3) is 3.53. The van der Waals surface area contributed by atoms with Crippen molar-refractivity contribution >= 4 is 22.5 Å². The number of amides is 1. The molecule has 138 valence electrons. The minimum absolute atomic E-state index is 0.0650. The number of hydrogen-bond donors (Lipinski definition) is 0. The number of piperazine rings is 1. The first-order valence-corrected chi connectivity index (χ1v) is 8.84. The maximum absolute atomic E-state index is 13.3. The van der Waals surface area contributed by atoms with Gasteiger partial charge in [-0.1, -0.05) is 18.2 Å². The molecule has 1 aliphatic rings. The predicted octanol–water partition coefficient (Wildman–Crippen LogP) is 1.88. The minimum atomic E-state index is -0.445. The highest BCUT2D eigenvalue weighted by Crippen LogP contribution is 2.15. The highest BCUT2D eigenvalue weighted by molar-refractivity contribution is 5.79. The van der Waals surface area contributed by atoms with E-state index in [0.717, 1.165) is 18.8 Å². The molecule has 0 saturated carbocycles. The van der Waals surface area contributed by atoms with Crippen molar-refractivity contribution in [1.82, 2.24) is 14.5 Å². The van der Waals surface area contributed by atoms with E-state index in [1.54, 1.807) is 4.90 Å². The zero-order valence-corrected chi connectivity index (χ0v) is 14.7. The molecule has 6 nitrogen and oxygen atoms in total. The highest BCUT2D eigenvalue weighted by Gasteiger charge is 2.22. The topological polar surface area (TPSA) is 58.4 Å². The number of hydrogen-bond acceptors (Lipinski definition) is 4. The van der Waals surface area contributed by atoms with Crippen LogP contribution in [0.25, 0.3) is 10.9 Å². The van der Waals surface area contributed by atoms with Gasteiger partial charge in [-0.2, -0.15) is 0 Å². The molecule has 1 saturated heterocycles. The minimum Gasteiger partial charge on any atom is -0.368 e. The Morgan fingerprint density at radius 1 is 1.04 bits per heavy atom. The number of fused-ring (bicyclic) bond motifs is 1. The van der Waals surface area contributed by atoms with Crippen LogP contribution in [0.3, 0.4) is 0 Å². The second kappa shape index (κ2) is 7.19. The lowest BCUT2D eigenvalue weighted by Crippen LogP contribution is -2.50. The first-order chi connectivity index (χ1) is 13.1. The lowest BCUT2D eigenvalue weighted by molar-refractivity contribution is -0.132. The van der Waals surface area contributed by atoms with Gasteiger partial charge >= 0.3 is 0 Å². The van der Waals surface area contributed by atoms with Crippen molar-refractivity contribution in [2.75, 3.05) is 31.1 Å². The van der Waals surface area contributed by atoms with E-state index in [4.69, 9.17) is 0 Å². The molecule has 7 heteroatoms. The summed E-state index contributed by atoms with van der Waals surface area (Å²) in [6.45, 7) is 2.65. The van der Waals surface area contributed by atoms with Crippen LogP contribution in [-0.4, -0.2) is 46.5 Å². The molecule has 0 radical (unpaired) electrons. The van der Waals surface area contributed by atoms with E-state index < -0.39 is 5.82 Å². The van der Waals surface area contributed by atoms with Crippen LogP contribution in [0, 0.1) is 5.82 Å². The molecule has 0 unspecified atom stereocenters. The molecule has 0 bridgehead atoms. The number of rotatable bonds is 3. The number of para-hydroxylation sites is 1. The molecule has 0 atom stereocenters. The number of aromatic nitrogens is 2. The fourth-order valence-electron chi connectivity index (χ4n) is 3.34. The number of carbonyl (C=O) groups is 1. The molecule has 1 amide bonds. The summed E-state index contributed by atoms with van der Waals surface area (Å²) in [5.41, 5.74) is 1.10. The Labute approximate surface area is 155 Å². The van der Waals surface area contributed by atoms with E-state index in [-0.39, 0.29) is 18.0 Å². The van der Waals surface area contributed by atoms with Gasteiger partial charge in [0.2, 0.25) is 5.91 Å². The van der Waals surface area contributed by atoms with Crippen molar-refractivity contribution in [2.45, 2.75) is 6.54 Å².